The largest absolute Gasteiger partial charge is 0.465 e. The Morgan fingerprint density at radius 1 is 0.878 bits per heavy atom. The summed E-state index contributed by atoms with van der Waals surface area (Å²) in [7, 11) is 1.88. The summed E-state index contributed by atoms with van der Waals surface area (Å²) >= 11 is 0. The fourth-order valence-corrected chi connectivity index (χ4v) is 5.93. The molecule has 206 valence electrons. The summed E-state index contributed by atoms with van der Waals surface area (Å²) in [5.74, 6) is 1.05. The van der Waals surface area contributed by atoms with Gasteiger partial charge in [0.1, 0.15) is 23.6 Å². The minimum absolute atomic E-state index is 0.129. The molecule has 7 nitrogen and oxygen atoms in total. The van der Waals surface area contributed by atoms with E-state index in [0.717, 1.165) is 53.0 Å². The first-order valence-corrected chi connectivity index (χ1v) is 14.1. The van der Waals surface area contributed by atoms with Gasteiger partial charge in [0.25, 0.3) is 0 Å². The van der Waals surface area contributed by atoms with Crippen LogP contribution in [0.3, 0.4) is 0 Å². The SMILES string of the molecule is CCOC(=O)CN(C)c1nc(-c2cn(C(c3ccccc3)(c3ccccc3)c3ccccc3)cn2)nc2c1CCC2. The monoisotopic (exact) mass is 543 g/mol. The highest BCUT2D eigenvalue weighted by molar-refractivity contribution is 5.76. The van der Waals surface area contributed by atoms with Crippen LogP contribution in [0.5, 0.6) is 0 Å². The summed E-state index contributed by atoms with van der Waals surface area (Å²) < 4.78 is 7.36. The number of carbonyl (C=O) groups excluding carboxylic acids is 1. The predicted molar refractivity (Wildman–Crippen MR) is 160 cm³/mol. The Bertz CT molecular complexity index is 1540. The zero-order chi connectivity index (χ0) is 28.2. The highest BCUT2D eigenvalue weighted by atomic mass is 16.5. The van der Waals surface area contributed by atoms with Gasteiger partial charge in [0.05, 0.1) is 12.9 Å². The second-order valence-electron chi connectivity index (χ2n) is 10.3. The maximum Gasteiger partial charge on any atom is 0.325 e. The molecule has 0 N–H and O–H groups in total. The highest BCUT2D eigenvalue weighted by Gasteiger charge is 2.38. The van der Waals surface area contributed by atoms with Gasteiger partial charge >= 0.3 is 5.97 Å². The van der Waals surface area contributed by atoms with Crippen molar-refractivity contribution in [2.45, 2.75) is 31.7 Å². The molecule has 1 aliphatic rings. The minimum Gasteiger partial charge on any atom is -0.465 e. The summed E-state index contributed by atoms with van der Waals surface area (Å²) in [5, 5.41) is 0. The molecule has 0 unspecified atom stereocenters. The minimum atomic E-state index is -0.671. The van der Waals surface area contributed by atoms with Gasteiger partial charge in [-0.05, 0) is 42.9 Å². The summed E-state index contributed by atoms with van der Waals surface area (Å²) in [6.45, 7) is 2.29. The van der Waals surface area contributed by atoms with Gasteiger partial charge in [-0.2, -0.15) is 0 Å². The fraction of sp³-hybridized carbons (Fsp3) is 0.235. The van der Waals surface area contributed by atoms with Crippen LogP contribution in [-0.4, -0.2) is 45.7 Å². The third-order valence-corrected chi connectivity index (χ3v) is 7.72. The lowest BCUT2D eigenvalue weighted by Gasteiger charge is -2.37. The van der Waals surface area contributed by atoms with Crippen molar-refractivity contribution < 1.29 is 9.53 Å². The van der Waals surface area contributed by atoms with Crippen LogP contribution in [-0.2, 0) is 27.9 Å². The smallest absolute Gasteiger partial charge is 0.325 e. The number of aryl methyl sites for hydroxylation is 1. The Hall–Kier alpha value is -4.78. The third kappa shape index (κ3) is 4.88. The van der Waals surface area contributed by atoms with Crippen molar-refractivity contribution in [2.24, 2.45) is 0 Å². The van der Waals surface area contributed by atoms with Crippen LogP contribution >= 0.6 is 0 Å². The van der Waals surface area contributed by atoms with Crippen molar-refractivity contribution in [3.63, 3.8) is 0 Å². The summed E-state index contributed by atoms with van der Waals surface area (Å²) in [6.07, 6.45) is 6.71. The van der Waals surface area contributed by atoms with Gasteiger partial charge in [-0.15, -0.1) is 0 Å². The van der Waals surface area contributed by atoms with E-state index in [-0.39, 0.29) is 12.5 Å². The number of anilines is 1. The highest BCUT2D eigenvalue weighted by Crippen LogP contribution is 2.41. The molecule has 0 radical (unpaired) electrons. The van der Waals surface area contributed by atoms with E-state index in [0.29, 0.717) is 18.1 Å². The number of nitrogens with zero attached hydrogens (tertiary/aromatic N) is 5. The normalized spacial score (nSPS) is 12.6. The van der Waals surface area contributed by atoms with Gasteiger partial charge in [0, 0.05) is 24.5 Å². The van der Waals surface area contributed by atoms with E-state index in [1.54, 1.807) is 0 Å². The number of esters is 1. The van der Waals surface area contributed by atoms with Crippen LogP contribution in [0, 0.1) is 0 Å². The molecule has 0 aliphatic heterocycles. The zero-order valence-electron chi connectivity index (χ0n) is 23.4. The molecular weight excluding hydrogens is 510 g/mol. The number of likely N-dealkylation sites (N-methyl/N-ethyl adjacent to an activating group) is 1. The Labute approximate surface area is 240 Å². The first kappa shape index (κ1) is 26.4. The maximum atomic E-state index is 12.3. The molecule has 41 heavy (non-hydrogen) atoms. The summed E-state index contributed by atoms with van der Waals surface area (Å²) in [6, 6.07) is 31.5. The van der Waals surface area contributed by atoms with E-state index >= 15 is 0 Å². The van der Waals surface area contributed by atoms with Gasteiger partial charge in [-0.25, -0.2) is 15.0 Å². The van der Waals surface area contributed by atoms with Gasteiger partial charge in [0.2, 0.25) is 0 Å². The molecule has 2 aromatic heterocycles. The lowest BCUT2D eigenvalue weighted by Crippen LogP contribution is -2.36. The number of imidazole rings is 1. The van der Waals surface area contributed by atoms with E-state index in [9.17, 15) is 4.79 Å². The molecule has 7 heteroatoms. The Morgan fingerprint density at radius 2 is 1.46 bits per heavy atom. The summed E-state index contributed by atoms with van der Waals surface area (Å²) in [4.78, 5) is 29.0. The van der Waals surface area contributed by atoms with E-state index in [2.05, 4.69) is 77.4 Å². The molecular formula is C34H33N5O2. The lowest BCUT2D eigenvalue weighted by molar-refractivity contribution is -0.141. The molecule has 0 spiro atoms. The molecule has 0 atom stereocenters. The van der Waals surface area contributed by atoms with Crippen molar-refractivity contribution in [3.8, 4) is 11.5 Å². The second-order valence-corrected chi connectivity index (χ2v) is 10.3. The van der Waals surface area contributed by atoms with E-state index in [1.165, 1.54) is 0 Å². The van der Waals surface area contributed by atoms with Crippen LogP contribution in [0.4, 0.5) is 5.82 Å². The number of ether oxygens (including phenoxy) is 1. The zero-order valence-corrected chi connectivity index (χ0v) is 23.4. The molecule has 0 fully saturated rings. The van der Waals surface area contributed by atoms with Crippen molar-refractivity contribution in [1.82, 2.24) is 19.5 Å². The van der Waals surface area contributed by atoms with Gasteiger partial charge in [-0.1, -0.05) is 91.0 Å². The van der Waals surface area contributed by atoms with Crippen LogP contribution in [0.15, 0.2) is 104 Å². The van der Waals surface area contributed by atoms with Crippen LogP contribution in [0.25, 0.3) is 11.5 Å². The van der Waals surface area contributed by atoms with Crippen LogP contribution < -0.4 is 4.90 Å². The van der Waals surface area contributed by atoms with E-state index in [1.807, 2.05) is 49.6 Å². The topological polar surface area (TPSA) is 73.1 Å². The Balaban J connectivity index is 1.51. The van der Waals surface area contributed by atoms with Crippen molar-refractivity contribution in [2.75, 3.05) is 25.1 Å². The van der Waals surface area contributed by atoms with Gasteiger partial charge in [0.15, 0.2) is 5.82 Å². The van der Waals surface area contributed by atoms with Crippen molar-refractivity contribution >= 4 is 11.8 Å². The quantitative estimate of drug-likeness (QED) is 0.176. The molecule has 6 rings (SSSR count). The first-order valence-electron chi connectivity index (χ1n) is 14.1. The van der Waals surface area contributed by atoms with Gasteiger partial charge in [-0.3, -0.25) is 4.79 Å². The second kappa shape index (κ2) is 11.4. The first-order chi connectivity index (χ1) is 20.1. The number of benzene rings is 3. The Kier molecular flexibility index (Phi) is 7.33. The molecule has 0 saturated heterocycles. The molecule has 3 aromatic carbocycles. The predicted octanol–water partition coefficient (Wildman–Crippen LogP) is 5.67. The van der Waals surface area contributed by atoms with E-state index < -0.39 is 5.54 Å². The molecule has 0 saturated carbocycles. The molecule has 1 aliphatic carbocycles. The van der Waals surface area contributed by atoms with Gasteiger partial charge < -0.3 is 14.2 Å². The number of hydrogen-bond acceptors (Lipinski definition) is 6. The van der Waals surface area contributed by atoms with Crippen molar-refractivity contribution in [3.05, 3.63) is 131 Å². The fourth-order valence-electron chi connectivity index (χ4n) is 5.93. The summed E-state index contributed by atoms with van der Waals surface area (Å²) in [5.41, 5.74) is 5.48. The standard InChI is InChI=1S/C34H33N5O2/c1-3-41-31(40)23-38(2)33-28-20-13-21-29(28)36-32(37-33)30-22-39(24-35-30)34(25-14-7-4-8-15-25,26-16-9-5-10-17-26)27-18-11-6-12-19-27/h4-12,14-19,22,24H,3,13,20-21,23H2,1-2H3. The molecule has 2 heterocycles. The molecule has 0 amide bonds. The molecule has 0 bridgehead atoms. The third-order valence-electron chi connectivity index (χ3n) is 7.72. The average molecular weight is 544 g/mol. The maximum absolute atomic E-state index is 12.3. The van der Waals surface area contributed by atoms with Crippen LogP contribution in [0.1, 0.15) is 41.3 Å². The number of fused-ring (bicyclic) bond motifs is 1. The van der Waals surface area contributed by atoms with Crippen LogP contribution in [0.2, 0.25) is 0 Å². The number of carbonyl (C=O) groups is 1. The average Bonchev–Trinajstić information content (AvgIpc) is 3.70. The number of hydrogen-bond donors (Lipinski definition) is 0. The molecule has 5 aromatic rings. The lowest BCUT2D eigenvalue weighted by atomic mass is 9.77. The number of aromatic nitrogens is 4. The number of rotatable bonds is 9. The Morgan fingerprint density at radius 3 is 2.02 bits per heavy atom. The van der Waals surface area contributed by atoms with E-state index in [4.69, 9.17) is 19.7 Å². The van der Waals surface area contributed by atoms with Crippen molar-refractivity contribution in [1.29, 1.82) is 0 Å².